The molecular formula is C13H13F2N3. The molecule has 94 valence electrons. The predicted molar refractivity (Wildman–Crippen MR) is 68.0 cm³/mol. The van der Waals surface area contributed by atoms with Gasteiger partial charge in [-0.15, -0.1) is 0 Å². The van der Waals surface area contributed by atoms with Crippen molar-refractivity contribution >= 4 is 17.3 Å². The van der Waals surface area contributed by atoms with Crippen LogP contribution >= 0.6 is 0 Å². The van der Waals surface area contributed by atoms with Crippen LogP contribution in [0.25, 0.3) is 0 Å². The third kappa shape index (κ3) is 2.74. The van der Waals surface area contributed by atoms with Crippen molar-refractivity contribution in [3.8, 4) is 0 Å². The zero-order chi connectivity index (χ0) is 13.0. The number of pyridine rings is 1. The Labute approximate surface area is 104 Å². The van der Waals surface area contributed by atoms with Gasteiger partial charge in [0.2, 0.25) is 0 Å². The van der Waals surface area contributed by atoms with E-state index in [2.05, 4.69) is 15.6 Å². The number of nitrogens with zero attached hydrogens (tertiary/aromatic N) is 1. The van der Waals surface area contributed by atoms with E-state index in [9.17, 15) is 8.78 Å². The Morgan fingerprint density at radius 1 is 1.06 bits per heavy atom. The van der Waals surface area contributed by atoms with Gasteiger partial charge in [0.1, 0.15) is 11.6 Å². The number of hydrogen-bond acceptors (Lipinski definition) is 3. The SMILES string of the molecule is CCNc1cccc(Nc2cccc(F)c2F)n1. The molecule has 0 unspecified atom stereocenters. The highest BCUT2D eigenvalue weighted by molar-refractivity contribution is 5.58. The Kier molecular flexibility index (Phi) is 3.72. The first-order valence-electron chi connectivity index (χ1n) is 5.62. The molecule has 5 heteroatoms. The molecule has 18 heavy (non-hydrogen) atoms. The molecule has 1 heterocycles. The van der Waals surface area contributed by atoms with E-state index >= 15 is 0 Å². The van der Waals surface area contributed by atoms with Crippen LogP contribution in [0.2, 0.25) is 0 Å². The molecule has 0 saturated heterocycles. The number of anilines is 3. The van der Waals surface area contributed by atoms with Crippen molar-refractivity contribution in [1.29, 1.82) is 0 Å². The fourth-order valence-corrected chi connectivity index (χ4v) is 1.52. The highest BCUT2D eigenvalue weighted by Crippen LogP contribution is 2.21. The van der Waals surface area contributed by atoms with Crippen LogP contribution in [0.4, 0.5) is 26.1 Å². The minimum absolute atomic E-state index is 0.0659. The molecule has 1 aromatic heterocycles. The Hall–Kier alpha value is -2.17. The number of aromatic nitrogens is 1. The first kappa shape index (κ1) is 12.3. The van der Waals surface area contributed by atoms with Crippen LogP contribution in [-0.2, 0) is 0 Å². The molecule has 2 N–H and O–H groups in total. The molecule has 2 aromatic rings. The Balaban J connectivity index is 2.23. The lowest BCUT2D eigenvalue weighted by Crippen LogP contribution is -2.02. The summed E-state index contributed by atoms with van der Waals surface area (Å²) >= 11 is 0. The van der Waals surface area contributed by atoms with E-state index in [0.717, 1.165) is 12.6 Å². The second kappa shape index (κ2) is 5.44. The lowest BCUT2D eigenvalue weighted by atomic mass is 10.3. The van der Waals surface area contributed by atoms with Crippen LogP contribution in [-0.4, -0.2) is 11.5 Å². The first-order chi connectivity index (χ1) is 8.70. The Morgan fingerprint density at radius 2 is 1.78 bits per heavy atom. The average molecular weight is 249 g/mol. The van der Waals surface area contributed by atoms with Gasteiger partial charge in [-0.1, -0.05) is 12.1 Å². The summed E-state index contributed by atoms with van der Waals surface area (Å²) in [5.41, 5.74) is 0.0659. The third-order valence-electron chi connectivity index (χ3n) is 2.32. The number of hydrogen-bond donors (Lipinski definition) is 2. The summed E-state index contributed by atoms with van der Waals surface area (Å²) < 4.78 is 26.5. The summed E-state index contributed by atoms with van der Waals surface area (Å²) in [6.45, 7) is 2.69. The first-order valence-corrected chi connectivity index (χ1v) is 5.62. The number of benzene rings is 1. The fraction of sp³-hybridized carbons (Fsp3) is 0.154. The smallest absolute Gasteiger partial charge is 0.182 e. The molecule has 1 aromatic carbocycles. The van der Waals surface area contributed by atoms with Gasteiger partial charge in [0.15, 0.2) is 11.6 Å². The van der Waals surface area contributed by atoms with Gasteiger partial charge in [0.05, 0.1) is 5.69 Å². The van der Waals surface area contributed by atoms with Crippen molar-refractivity contribution in [2.24, 2.45) is 0 Å². The summed E-state index contributed by atoms with van der Waals surface area (Å²) in [6, 6.07) is 9.24. The van der Waals surface area contributed by atoms with Crippen LogP contribution < -0.4 is 10.6 Å². The zero-order valence-corrected chi connectivity index (χ0v) is 9.87. The van der Waals surface area contributed by atoms with Crippen molar-refractivity contribution in [2.75, 3.05) is 17.2 Å². The monoisotopic (exact) mass is 249 g/mol. The molecule has 0 amide bonds. The van der Waals surface area contributed by atoms with Crippen molar-refractivity contribution in [2.45, 2.75) is 6.92 Å². The maximum atomic E-state index is 13.5. The van der Waals surface area contributed by atoms with Gasteiger partial charge < -0.3 is 10.6 Å². The van der Waals surface area contributed by atoms with E-state index < -0.39 is 11.6 Å². The van der Waals surface area contributed by atoms with Crippen LogP contribution in [0.15, 0.2) is 36.4 Å². The molecular weight excluding hydrogens is 236 g/mol. The van der Waals surface area contributed by atoms with Crippen LogP contribution in [0.1, 0.15) is 6.92 Å². The molecule has 0 spiro atoms. The molecule has 0 radical (unpaired) electrons. The van der Waals surface area contributed by atoms with Crippen LogP contribution in [0.3, 0.4) is 0 Å². The second-order valence-electron chi connectivity index (χ2n) is 3.66. The van der Waals surface area contributed by atoms with E-state index in [1.165, 1.54) is 12.1 Å². The van der Waals surface area contributed by atoms with Gasteiger partial charge in [-0.3, -0.25) is 0 Å². The summed E-state index contributed by atoms with van der Waals surface area (Å²) in [5, 5.41) is 5.79. The van der Waals surface area contributed by atoms with Gasteiger partial charge in [0, 0.05) is 6.54 Å². The highest BCUT2D eigenvalue weighted by Gasteiger charge is 2.08. The molecule has 0 aliphatic heterocycles. The largest absolute Gasteiger partial charge is 0.370 e. The molecule has 0 fully saturated rings. The van der Waals surface area contributed by atoms with Crippen molar-refractivity contribution < 1.29 is 8.78 Å². The summed E-state index contributed by atoms with van der Waals surface area (Å²) in [5.74, 6) is -0.659. The standard InChI is InChI=1S/C13H13F2N3/c1-2-16-11-7-4-8-12(18-11)17-10-6-3-5-9(14)13(10)15/h3-8H,2H2,1H3,(H2,16,17,18). The van der Waals surface area contributed by atoms with E-state index in [0.29, 0.717) is 11.6 Å². The molecule has 0 aliphatic carbocycles. The van der Waals surface area contributed by atoms with Gasteiger partial charge in [-0.2, -0.15) is 0 Å². The van der Waals surface area contributed by atoms with E-state index in [1.807, 2.05) is 6.92 Å². The van der Waals surface area contributed by atoms with Gasteiger partial charge >= 0.3 is 0 Å². The minimum Gasteiger partial charge on any atom is -0.370 e. The maximum Gasteiger partial charge on any atom is 0.182 e. The third-order valence-corrected chi connectivity index (χ3v) is 2.32. The number of halogens is 2. The number of nitrogens with one attached hydrogen (secondary N) is 2. The molecule has 3 nitrogen and oxygen atoms in total. The van der Waals surface area contributed by atoms with E-state index in [-0.39, 0.29) is 5.69 Å². The Bertz CT molecular complexity index is 544. The normalized spacial score (nSPS) is 10.2. The highest BCUT2D eigenvalue weighted by atomic mass is 19.2. The van der Waals surface area contributed by atoms with Crippen molar-refractivity contribution in [1.82, 2.24) is 4.98 Å². The topological polar surface area (TPSA) is 37.0 Å². The molecule has 0 atom stereocenters. The van der Waals surface area contributed by atoms with Crippen LogP contribution in [0, 0.1) is 11.6 Å². The lowest BCUT2D eigenvalue weighted by molar-refractivity contribution is 0.511. The van der Waals surface area contributed by atoms with Gasteiger partial charge in [-0.25, -0.2) is 13.8 Å². The maximum absolute atomic E-state index is 13.5. The van der Waals surface area contributed by atoms with Crippen LogP contribution in [0.5, 0.6) is 0 Å². The molecule has 2 rings (SSSR count). The van der Waals surface area contributed by atoms with E-state index in [1.54, 1.807) is 18.2 Å². The van der Waals surface area contributed by atoms with Crippen molar-refractivity contribution in [3.63, 3.8) is 0 Å². The summed E-state index contributed by atoms with van der Waals surface area (Å²) in [4.78, 5) is 4.22. The summed E-state index contributed by atoms with van der Waals surface area (Å²) in [6.07, 6.45) is 0. The van der Waals surface area contributed by atoms with Crippen molar-refractivity contribution in [3.05, 3.63) is 48.0 Å². The molecule has 0 saturated carbocycles. The Morgan fingerprint density at radius 3 is 2.56 bits per heavy atom. The fourth-order valence-electron chi connectivity index (χ4n) is 1.52. The second-order valence-corrected chi connectivity index (χ2v) is 3.66. The average Bonchev–Trinajstić information content (AvgIpc) is 2.36. The quantitative estimate of drug-likeness (QED) is 0.870. The van der Waals surface area contributed by atoms with E-state index in [4.69, 9.17) is 0 Å². The predicted octanol–water partition coefficient (Wildman–Crippen LogP) is 3.54. The molecule has 0 bridgehead atoms. The van der Waals surface area contributed by atoms with Gasteiger partial charge in [0.25, 0.3) is 0 Å². The minimum atomic E-state index is -0.909. The molecule has 0 aliphatic rings. The van der Waals surface area contributed by atoms with Gasteiger partial charge in [-0.05, 0) is 31.2 Å². The zero-order valence-electron chi connectivity index (χ0n) is 9.87. The number of rotatable bonds is 4. The summed E-state index contributed by atoms with van der Waals surface area (Å²) in [7, 11) is 0. The lowest BCUT2D eigenvalue weighted by Gasteiger charge is -2.09.